The first-order chi connectivity index (χ1) is 16.6. The van der Waals surface area contributed by atoms with E-state index in [1.165, 1.54) is 18.1 Å². The number of amides is 3. The number of aliphatic carboxylic acids is 1. The normalized spacial score (nSPS) is 14.6. The van der Waals surface area contributed by atoms with E-state index in [0.717, 1.165) is 0 Å². The molecule has 3 amide bonds. The van der Waals surface area contributed by atoms with Crippen LogP contribution in [0.1, 0.15) is 38.8 Å². The van der Waals surface area contributed by atoms with Crippen LogP contribution in [-0.2, 0) is 25.6 Å². The number of aromatic amines is 1. The van der Waals surface area contributed by atoms with Crippen LogP contribution in [0, 0.1) is 5.92 Å². The Morgan fingerprint density at radius 1 is 0.971 bits per heavy atom. The fraction of sp³-hybridized carbons (Fsp3) is 0.682. The first-order valence-electron chi connectivity index (χ1n) is 11.4. The lowest BCUT2D eigenvalue weighted by molar-refractivity contribution is -0.142. The molecule has 4 atom stereocenters. The van der Waals surface area contributed by atoms with Crippen molar-refractivity contribution in [3.05, 3.63) is 18.2 Å². The minimum atomic E-state index is -1.13. The molecule has 0 aliphatic carbocycles. The second kappa shape index (κ2) is 16.4. The van der Waals surface area contributed by atoms with Crippen molar-refractivity contribution in [1.82, 2.24) is 25.9 Å². The Balaban J connectivity index is 3.00. The van der Waals surface area contributed by atoms with E-state index in [4.69, 9.17) is 5.73 Å². The topological polar surface area (TPSA) is 179 Å². The summed E-state index contributed by atoms with van der Waals surface area (Å²) < 4.78 is 0. The molecule has 0 aliphatic rings. The lowest BCUT2D eigenvalue weighted by Gasteiger charge is -2.26. The number of H-pyrrole nitrogens is 1. The number of rotatable bonds is 17. The summed E-state index contributed by atoms with van der Waals surface area (Å²) in [7, 11) is 0. The Morgan fingerprint density at radius 3 is 2.09 bits per heavy atom. The van der Waals surface area contributed by atoms with Crippen LogP contribution in [0.5, 0.6) is 0 Å². The number of nitrogens with zero attached hydrogens (tertiary/aromatic N) is 1. The zero-order valence-corrected chi connectivity index (χ0v) is 22.3. The zero-order valence-electron chi connectivity index (χ0n) is 20.7. The van der Waals surface area contributed by atoms with E-state index >= 15 is 0 Å². The number of nitrogens with two attached hydrogens (primary N) is 1. The minimum Gasteiger partial charge on any atom is -0.480 e. The number of hydrogen-bond donors (Lipinski definition) is 6. The molecule has 198 valence electrons. The quantitative estimate of drug-likeness (QED) is 0.166. The lowest BCUT2D eigenvalue weighted by atomic mass is 10.0. The molecule has 0 aromatic carbocycles. The summed E-state index contributed by atoms with van der Waals surface area (Å²) in [5, 5.41) is 17.4. The number of imidazole rings is 1. The molecule has 0 saturated heterocycles. The summed E-state index contributed by atoms with van der Waals surface area (Å²) in [5.74, 6) is -1.44. The summed E-state index contributed by atoms with van der Waals surface area (Å²) in [6, 6.07) is -3.80. The summed E-state index contributed by atoms with van der Waals surface area (Å²) in [6.45, 7) is 3.78. The molecule has 1 rings (SSSR count). The second-order valence-electron chi connectivity index (χ2n) is 8.60. The number of hydrogen-bond acceptors (Lipinski definition) is 8. The van der Waals surface area contributed by atoms with Gasteiger partial charge in [0.25, 0.3) is 0 Å². The molecule has 7 N–H and O–H groups in total. The summed E-state index contributed by atoms with van der Waals surface area (Å²) in [6.07, 6.45) is 7.90. The fourth-order valence-electron chi connectivity index (χ4n) is 3.22. The standard InChI is InChI=1S/C22H38N6O5S2/c1-13(2)9-17(20(30)26-16(22(32)33)6-8-35-4)28-21(31)18(10-14-11-24-12-25-14)27-19(29)15(23)5-7-34-3/h11-13,15-18H,5-10,23H2,1-4H3,(H,24,25)(H,26,30)(H,27,29)(H,28,31)(H,32,33). The summed E-state index contributed by atoms with van der Waals surface area (Å²) in [5.41, 5.74) is 6.59. The molecule has 0 radical (unpaired) electrons. The van der Waals surface area contributed by atoms with Gasteiger partial charge < -0.3 is 31.8 Å². The molecular formula is C22H38N6O5S2. The molecule has 0 aliphatic heterocycles. The van der Waals surface area contributed by atoms with Gasteiger partial charge in [-0.05, 0) is 49.2 Å². The van der Waals surface area contributed by atoms with Crippen LogP contribution < -0.4 is 21.7 Å². The predicted octanol–water partition coefficient (Wildman–Crippen LogP) is 0.371. The van der Waals surface area contributed by atoms with Crippen LogP contribution in [0.25, 0.3) is 0 Å². The number of carboxylic acid groups (broad SMARTS) is 1. The monoisotopic (exact) mass is 530 g/mol. The van der Waals surface area contributed by atoms with Crippen molar-refractivity contribution in [1.29, 1.82) is 0 Å². The highest BCUT2D eigenvalue weighted by Crippen LogP contribution is 2.09. The molecular weight excluding hydrogens is 492 g/mol. The highest BCUT2D eigenvalue weighted by atomic mass is 32.2. The van der Waals surface area contributed by atoms with Gasteiger partial charge in [-0.1, -0.05) is 13.8 Å². The van der Waals surface area contributed by atoms with E-state index in [9.17, 15) is 24.3 Å². The van der Waals surface area contributed by atoms with Gasteiger partial charge in [0.15, 0.2) is 0 Å². The molecule has 0 saturated carbocycles. The molecule has 1 aromatic heterocycles. The van der Waals surface area contributed by atoms with Crippen LogP contribution in [0.3, 0.4) is 0 Å². The van der Waals surface area contributed by atoms with Crippen molar-refractivity contribution in [2.45, 2.75) is 63.7 Å². The van der Waals surface area contributed by atoms with Crippen LogP contribution in [-0.4, -0.2) is 86.9 Å². The van der Waals surface area contributed by atoms with Crippen LogP contribution in [0.4, 0.5) is 0 Å². The minimum absolute atomic E-state index is 0.0427. The Morgan fingerprint density at radius 2 is 1.54 bits per heavy atom. The van der Waals surface area contributed by atoms with Gasteiger partial charge in [0.2, 0.25) is 17.7 Å². The van der Waals surface area contributed by atoms with E-state index in [0.29, 0.717) is 30.0 Å². The van der Waals surface area contributed by atoms with Gasteiger partial charge in [0.05, 0.1) is 12.4 Å². The molecule has 1 heterocycles. The maximum Gasteiger partial charge on any atom is 0.326 e. The Labute approximate surface area is 214 Å². The highest BCUT2D eigenvalue weighted by molar-refractivity contribution is 7.98. The van der Waals surface area contributed by atoms with Crippen molar-refractivity contribution in [2.24, 2.45) is 11.7 Å². The van der Waals surface area contributed by atoms with Gasteiger partial charge >= 0.3 is 5.97 Å². The maximum absolute atomic E-state index is 13.2. The number of nitrogens with one attached hydrogen (secondary N) is 4. The largest absolute Gasteiger partial charge is 0.480 e. The summed E-state index contributed by atoms with van der Waals surface area (Å²) in [4.78, 5) is 57.2. The third-order valence-corrected chi connectivity index (χ3v) is 6.43. The third-order valence-electron chi connectivity index (χ3n) is 5.15. The van der Waals surface area contributed by atoms with Crippen molar-refractivity contribution in [3.8, 4) is 0 Å². The smallest absolute Gasteiger partial charge is 0.326 e. The molecule has 11 nitrogen and oxygen atoms in total. The molecule has 0 spiro atoms. The number of carbonyl (C=O) groups is 4. The molecule has 0 fully saturated rings. The molecule has 0 bridgehead atoms. The third kappa shape index (κ3) is 11.8. The van der Waals surface area contributed by atoms with Gasteiger partial charge in [-0.25, -0.2) is 9.78 Å². The fourth-order valence-corrected chi connectivity index (χ4v) is 4.18. The van der Waals surface area contributed by atoms with E-state index in [-0.39, 0.29) is 18.8 Å². The van der Waals surface area contributed by atoms with E-state index in [2.05, 4.69) is 25.9 Å². The molecule has 13 heteroatoms. The van der Waals surface area contributed by atoms with Gasteiger partial charge in [-0.15, -0.1) is 0 Å². The number of carbonyl (C=O) groups excluding carboxylic acids is 3. The van der Waals surface area contributed by atoms with Crippen LogP contribution in [0.15, 0.2) is 12.5 Å². The van der Waals surface area contributed by atoms with Crippen LogP contribution in [0.2, 0.25) is 0 Å². The first kappa shape index (κ1) is 30.8. The van der Waals surface area contributed by atoms with E-state index in [1.807, 2.05) is 26.4 Å². The number of aromatic nitrogens is 2. The Kier molecular flexibility index (Phi) is 14.4. The Bertz CT molecular complexity index is 808. The van der Waals surface area contributed by atoms with Crippen molar-refractivity contribution in [2.75, 3.05) is 24.0 Å². The number of thioether (sulfide) groups is 2. The average Bonchev–Trinajstić information content (AvgIpc) is 3.31. The van der Waals surface area contributed by atoms with Gasteiger partial charge in [-0.3, -0.25) is 14.4 Å². The predicted molar refractivity (Wildman–Crippen MR) is 139 cm³/mol. The summed E-state index contributed by atoms with van der Waals surface area (Å²) >= 11 is 3.04. The molecule has 35 heavy (non-hydrogen) atoms. The highest BCUT2D eigenvalue weighted by Gasteiger charge is 2.31. The Hall–Kier alpha value is -2.25. The van der Waals surface area contributed by atoms with Gasteiger partial charge in [0, 0.05) is 18.3 Å². The molecule has 4 unspecified atom stereocenters. The second-order valence-corrected chi connectivity index (χ2v) is 10.6. The van der Waals surface area contributed by atoms with Crippen molar-refractivity contribution < 1.29 is 24.3 Å². The lowest BCUT2D eigenvalue weighted by Crippen LogP contribution is -2.58. The van der Waals surface area contributed by atoms with E-state index in [1.54, 1.807) is 18.0 Å². The van der Waals surface area contributed by atoms with Crippen LogP contribution >= 0.6 is 23.5 Å². The average molecular weight is 531 g/mol. The molecule has 1 aromatic rings. The van der Waals surface area contributed by atoms with Gasteiger partial charge in [0.1, 0.15) is 18.1 Å². The van der Waals surface area contributed by atoms with Gasteiger partial charge in [-0.2, -0.15) is 23.5 Å². The first-order valence-corrected chi connectivity index (χ1v) is 14.2. The van der Waals surface area contributed by atoms with Crippen molar-refractivity contribution in [3.63, 3.8) is 0 Å². The maximum atomic E-state index is 13.2. The van der Waals surface area contributed by atoms with Crippen molar-refractivity contribution >= 4 is 47.2 Å². The SMILES string of the molecule is CSCCC(N)C(=O)NC(Cc1cnc[nH]1)C(=O)NC(CC(C)C)C(=O)NC(CCSC)C(=O)O. The zero-order chi connectivity index (χ0) is 26.4. The number of carboxylic acids is 1. The van der Waals surface area contributed by atoms with E-state index < -0.39 is 47.9 Å².